The van der Waals surface area contributed by atoms with Gasteiger partial charge < -0.3 is 9.88 Å². The van der Waals surface area contributed by atoms with E-state index in [1.54, 1.807) is 13.1 Å². The van der Waals surface area contributed by atoms with Crippen LogP contribution in [0.3, 0.4) is 0 Å². The number of anilines is 1. The smallest absolute Gasteiger partial charge is 0.322 e. The van der Waals surface area contributed by atoms with Crippen molar-refractivity contribution < 1.29 is 22.4 Å². The summed E-state index contributed by atoms with van der Waals surface area (Å²) in [6.07, 6.45) is -1.69. The lowest BCUT2D eigenvalue weighted by Crippen LogP contribution is -2.15. The first-order valence-corrected chi connectivity index (χ1v) is 7.53. The number of carbonyl (C=O) groups excluding carboxylic acids is 1. The highest BCUT2D eigenvalue weighted by molar-refractivity contribution is 6.04. The number of hydrogen-bond donors (Lipinski definition) is 1. The van der Waals surface area contributed by atoms with E-state index in [0.717, 1.165) is 18.2 Å². The van der Waals surface area contributed by atoms with Crippen LogP contribution in [0.1, 0.15) is 21.6 Å². The molecule has 0 bridgehead atoms. The van der Waals surface area contributed by atoms with Crippen LogP contribution in [0.2, 0.25) is 0 Å². The summed E-state index contributed by atoms with van der Waals surface area (Å²) in [5.41, 5.74) is -0.506. The van der Waals surface area contributed by atoms with Crippen molar-refractivity contribution in [3.8, 4) is 5.69 Å². The zero-order valence-corrected chi connectivity index (χ0v) is 13.5. The molecule has 134 valence electrons. The Morgan fingerprint density at radius 2 is 1.88 bits per heavy atom. The van der Waals surface area contributed by atoms with Crippen molar-refractivity contribution in [2.75, 3.05) is 5.32 Å². The molecule has 0 saturated heterocycles. The van der Waals surface area contributed by atoms with Crippen LogP contribution < -0.4 is 5.32 Å². The highest BCUT2D eigenvalue weighted by Gasteiger charge is 2.31. The molecule has 8 heteroatoms. The van der Waals surface area contributed by atoms with Crippen LogP contribution in [0.25, 0.3) is 5.69 Å². The van der Waals surface area contributed by atoms with Crippen LogP contribution in [0.4, 0.5) is 23.2 Å². The third-order valence-corrected chi connectivity index (χ3v) is 3.63. The molecular formula is C18H13F4N3O. The predicted molar refractivity (Wildman–Crippen MR) is 87.7 cm³/mol. The molecular weight excluding hydrogens is 350 g/mol. The molecule has 4 nitrogen and oxygen atoms in total. The zero-order valence-electron chi connectivity index (χ0n) is 13.5. The molecule has 0 saturated carbocycles. The summed E-state index contributed by atoms with van der Waals surface area (Å²) < 4.78 is 54.7. The van der Waals surface area contributed by atoms with Crippen LogP contribution in [0.15, 0.2) is 55.0 Å². The van der Waals surface area contributed by atoms with E-state index >= 15 is 0 Å². The lowest BCUT2D eigenvalue weighted by atomic mass is 10.1. The van der Waals surface area contributed by atoms with Gasteiger partial charge in [-0.1, -0.05) is 12.1 Å². The number of nitrogens with zero attached hydrogens (tertiary/aromatic N) is 2. The van der Waals surface area contributed by atoms with Gasteiger partial charge in [-0.25, -0.2) is 9.37 Å². The molecule has 3 rings (SSSR count). The Kier molecular flexibility index (Phi) is 4.50. The zero-order chi connectivity index (χ0) is 18.9. The average Bonchev–Trinajstić information content (AvgIpc) is 3.00. The number of alkyl halides is 3. The first-order chi connectivity index (χ1) is 12.2. The third kappa shape index (κ3) is 3.74. The van der Waals surface area contributed by atoms with Crippen molar-refractivity contribution in [1.82, 2.24) is 9.55 Å². The van der Waals surface area contributed by atoms with Gasteiger partial charge in [0.1, 0.15) is 5.82 Å². The summed E-state index contributed by atoms with van der Waals surface area (Å²) in [4.78, 5) is 16.2. The molecule has 3 aromatic rings. The fraction of sp³-hybridized carbons (Fsp3) is 0.111. The minimum atomic E-state index is -4.61. The topological polar surface area (TPSA) is 46.9 Å². The number of aromatic nitrogens is 2. The van der Waals surface area contributed by atoms with E-state index in [2.05, 4.69) is 10.3 Å². The van der Waals surface area contributed by atoms with Crippen molar-refractivity contribution in [3.63, 3.8) is 0 Å². The first-order valence-electron chi connectivity index (χ1n) is 7.53. The third-order valence-electron chi connectivity index (χ3n) is 3.63. The van der Waals surface area contributed by atoms with Crippen LogP contribution in [0.5, 0.6) is 0 Å². The predicted octanol–water partition coefficient (Wildman–Crippen LogP) is 4.59. The SMILES string of the molecule is Cc1cn(-c2cc(NC(=O)c3ccccc3F)cc(C(F)(F)F)c2)cn1. The average molecular weight is 363 g/mol. The molecule has 0 atom stereocenters. The van der Waals surface area contributed by atoms with Gasteiger partial charge in [-0.2, -0.15) is 13.2 Å². The number of benzene rings is 2. The monoisotopic (exact) mass is 363 g/mol. The standard InChI is InChI=1S/C18H13F4N3O/c1-11-9-25(10-23-11)14-7-12(18(20,21)22)6-13(8-14)24-17(26)15-4-2-3-5-16(15)19/h2-10H,1H3,(H,24,26). The lowest BCUT2D eigenvalue weighted by molar-refractivity contribution is -0.137. The maximum absolute atomic E-state index is 13.7. The summed E-state index contributed by atoms with van der Waals surface area (Å²) in [6.45, 7) is 1.70. The number of nitrogens with one attached hydrogen (secondary N) is 1. The van der Waals surface area contributed by atoms with Crippen molar-refractivity contribution in [1.29, 1.82) is 0 Å². The molecule has 0 spiro atoms. The maximum Gasteiger partial charge on any atom is 0.416 e. The molecule has 1 amide bonds. The molecule has 1 N–H and O–H groups in total. The van der Waals surface area contributed by atoms with Gasteiger partial charge in [-0.15, -0.1) is 0 Å². The molecule has 26 heavy (non-hydrogen) atoms. The number of hydrogen-bond acceptors (Lipinski definition) is 2. The Balaban J connectivity index is 2.01. The second-order valence-corrected chi connectivity index (χ2v) is 5.62. The normalized spacial score (nSPS) is 11.4. The number of rotatable bonds is 3. The van der Waals surface area contributed by atoms with Gasteiger partial charge in [-0.3, -0.25) is 4.79 Å². The second kappa shape index (κ2) is 6.62. The van der Waals surface area contributed by atoms with Crippen LogP contribution in [0, 0.1) is 12.7 Å². The van der Waals surface area contributed by atoms with Crippen molar-refractivity contribution in [2.24, 2.45) is 0 Å². The molecule has 1 aromatic heterocycles. The Morgan fingerprint density at radius 3 is 2.50 bits per heavy atom. The van der Waals surface area contributed by atoms with Crippen molar-refractivity contribution >= 4 is 11.6 Å². The largest absolute Gasteiger partial charge is 0.416 e. The van der Waals surface area contributed by atoms with Crippen molar-refractivity contribution in [3.05, 3.63) is 77.6 Å². The summed E-state index contributed by atoms with van der Waals surface area (Å²) >= 11 is 0. The van der Waals surface area contributed by atoms with E-state index in [4.69, 9.17) is 0 Å². The fourth-order valence-electron chi connectivity index (χ4n) is 2.40. The number of carbonyl (C=O) groups is 1. The van der Waals surface area contributed by atoms with Gasteiger partial charge in [0.05, 0.1) is 23.1 Å². The molecule has 0 radical (unpaired) electrons. The van der Waals surface area contributed by atoms with E-state index in [1.807, 2.05) is 0 Å². The second-order valence-electron chi connectivity index (χ2n) is 5.62. The van der Waals surface area contributed by atoms with Gasteiger partial charge >= 0.3 is 6.18 Å². The molecule has 0 aliphatic heterocycles. The Hall–Kier alpha value is -3.16. The van der Waals surface area contributed by atoms with Gasteiger partial charge in [0.25, 0.3) is 5.91 Å². The Bertz CT molecular complexity index is 963. The van der Waals surface area contributed by atoms with E-state index in [9.17, 15) is 22.4 Å². The highest BCUT2D eigenvalue weighted by atomic mass is 19.4. The van der Waals surface area contributed by atoms with Crippen LogP contribution in [-0.4, -0.2) is 15.5 Å². The molecule has 2 aromatic carbocycles. The summed E-state index contributed by atoms with van der Waals surface area (Å²) in [7, 11) is 0. The Labute approximate surface area is 146 Å². The first kappa shape index (κ1) is 17.7. The number of imidazole rings is 1. The molecule has 1 heterocycles. The fourth-order valence-corrected chi connectivity index (χ4v) is 2.40. The maximum atomic E-state index is 13.7. The van der Waals surface area contributed by atoms with Gasteiger partial charge in [-0.05, 0) is 37.3 Å². The van der Waals surface area contributed by atoms with E-state index in [-0.39, 0.29) is 16.9 Å². The summed E-state index contributed by atoms with van der Waals surface area (Å²) in [5, 5.41) is 2.32. The number of amides is 1. The van der Waals surface area contributed by atoms with E-state index in [0.29, 0.717) is 5.69 Å². The minimum absolute atomic E-state index is 0.102. The summed E-state index contributed by atoms with van der Waals surface area (Å²) in [6, 6.07) is 8.32. The molecule has 0 unspecified atom stereocenters. The lowest BCUT2D eigenvalue weighted by Gasteiger charge is -2.14. The van der Waals surface area contributed by atoms with Crippen molar-refractivity contribution in [2.45, 2.75) is 13.1 Å². The summed E-state index contributed by atoms with van der Waals surface area (Å²) in [5.74, 6) is -1.60. The minimum Gasteiger partial charge on any atom is -0.322 e. The Morgan fingerprint density at radius 1 is 1.15 bits per heavy atom. The van der Waals surface area contributed by atoms with Gasteiger partial charge in [0.2, 0.25) is 0 Å². The van der Waals surface area contributed by atoms with Gasteiger partial charge in [0, 0.05) is 17.6 Å². The van der Waals surface area contributed by atoms with Crippen LogP contribution in [-0.2, 0) is 6.18 Å². The molecule has 0 aliphatic carbocycles. The van der Waals surface area contributed by atoms with Gasteiger partial charge in [0.15, 0.2) is 0 Å². The van der Waals surface area contributed by atoms with E-state index in [1.165, 1.54) is 35.2 Å². The quantitative estimate of drug-likeness (QED) is 0.692. The highest BCUT2D eigenvalue weighted by Crippen LogP contribution is 2.33. The van der Waals surface area contributed by atoms with E-state index < -0.39 is 23.5 Å². The van der Waals surface area contributed by atoms with Crippen LogP contribution >= 0.6 is 0 Å². The number of halogens is 4. The molecule has 0 aliphatic rings. The number of aryl methyl sites for hydroxylation is 1. The molecule has 0 fully saturated rings.